The van der Waals surface area contributed by atoms with Crippen molar-refractivity contribution in [1.29, 1.82) is 0 Å². The van der Waals surface area contributed by atoms with Crippen molar-refractivity contribution in [2.24, 2.45) is 0 Å². The third-order valence-electron chi connectivity index (χ3n) is 4.75. The van der Waals surface area contributed by atoms with E-state index in [0.29, 0.717) is 42.0 Å². The Hall–Kier alpha value is -1.63. The van der Waals surface area contributed by atoms with Crippen LogP contribution in [-0.4, -0.2) is 67.4 Å². The standard InChI is InChI=1S/C15H15O3.C14H13O2.2BrH.2Mg/c1-16-13-8-9-14(15(10-13)17-2)18-11-12-6-4-3-5-7-12;1-15-13-9-5-6-10-14(13)16-11-12-7-3-2-4-8-12;;;;/h3-8,10H,11H2,1-2H3;2-9H,11H2,1H3;2*1H;;/q2*-1;;;2*+2/p-2. The summed E-state index contributed by atoms with van der Waals surface area (Å²) in [5.74, 6) is 3.25. The van der Waals surface area contributed by atoms with Crippen LogP contribution in [0.3, 0.4) is 0 Å². The van der Waals surface area contributed by atoms with E-state index in [4.69, 9.17) is 23.7 Å². The molecule has 0 saturated carbocycles. The Morgan fingerprint density at radius 3 is 1.55 bits per heavy atom. The Labute approximate surface area is 279 Å². The predicted molar refractivity (Wildman–Crippen MR) is 143 cm³/mol. The van der Waals surface area contributed by atoms with Crippen molar-refractivity contribution in [3.8, 4) is 28.7 Å². The van der Waals surface area contributed by atoms with Crippen molar-refractivity contribution >= 4 is 46.1 Å². The summed E-state index contributed by atoms with van der Waals surface area (Å²) < 4.78 is 26.8. The van der Waals surface area contributed by atoms with Gasteiger partial charge in [-0.05, 0) is 11.1 Å². The van der Waals surface area contributed by atoms with Gasteiger partial charge in [-0.3, -0.25) is 0 Å². The maximum atomic E-state index is 5.68. The van der Waals surface area contributed by atoms with E-state index in [1.807, 2.05) is 78.9 Å². The van der Waals surface area contributed by atoms with Crippen LogP contribution in [0, 0.1) is 12.1 Å². The average Bonchev–Trinajstić information content (AvgIpc) is 2.92. The summed E-state index contributed by atoms with van der Waals surface area (Å²) in [6, 6.07) is 35.0. The first-order chi connectivity index (χ1) is 16.7. The number of benzene rings is 4. The van der Waals surface area contributed by atoms with E-state index < -0.39 is 0 Å². The van der Waals surface area contributed by atoms with Crippen LogP contribution < -0.4 is 57.6 Å². The molecule has 9 heteroatoms. The van der Waals surface area contributed by atoms with E-state index in [9.17, 15) is 0 Å². The van der Waals surface area contributed by atoms with Crippen LogP contribution in [-0.2, 0) is 13.2 Å². The van der Waals surface area contributed by atoms with Crippen molar-refractivity contribution in [3.63, 3.8) is 0 Å². The molecule has 0 atom stereocenters. The number of hydrogen-bond acceptors (Lipinski definition) is 5. The molecule has 0 aliphatic rings. The first-order valence-electron chi connectivity index (χ1n) is 10.7. The van der Waals surface area contributed by atoms with Crippen molar-refractivity contribution in [3.05, 3.63) is 114 Å². The number of ether oxygens (including phenoxy) is 5. The quantitative estimate of drug-likeness (QED) is 0.177. The van der Waals surface area contributed by atoms with Crippen molar-refractivity contribution in [1.82, 2.24) is 0 Å². The molecule has 5 nitrogen and oxygen atoms in total. The average molecular weight is 665 g/mol. The van der Waals surface area contributed by atoms with Gasteiger partial charge < -0.3 is 57.6 Å². The molecule has 0 aliphatic carbocycles. The molecule has 38 heavy (non-hydrogen) atoms. The monoisotopic (exact) mass is 662 g/mol. The van der Waals surface area contributed by atoms with Crippen LogP contribution >= 0.6 is 0 Å². The minimum atomic E-state index is 0. The Morgan fingerprint density at radius 2 is 1.08 bits per heavy atom. The van der Waals surface area contributed by atoms with E-state index in [-0.39, 0.29) is 80.1 Å². The Morgan fingerprint density at radius 1 is 0.579 bits per heavy atom. The van der Waals surface area contributed by atoms with Gasteiger partial charge in [-0.15, -0.1) is 24.3 Å². The molecule has 4 aromatic rings. The van der Waals surface area contributed by atoms with Crippen LogP contribution in [0.15, 0.2) is 91.0 Å². The molecule has 0 bridgehead atoms. The number of halogens is 2. The maximum Gasteiger partial charge on any atom is 2.00 e. The first kappa shape index (κ1) is 38.5. The fourth-order valence-electron chi connectivity index (χ4n) is 2.97. The summed E-state index contributed by atoms with van der Waals surface area (Å²) in [5.41, 5.74) is 2.23. The van der Waals surface area contributed by atoms with Gasteiger partial charge in [0, 0.05) is 23.0 Å². The maximum absolute atomic E-state index is 5.68. The first-order valence-corrected chi connectivity index (χ1v) is 10.7. The van der Waals surface area contributed by atoms with E-state index in [2.05, 4.69) is 12.1 Å². The van der Waals surface area contributed by atoms with Gasteiger partial charge in [-0.1, -0.05) is 66.7 Å². The molecule has 0 N–H and O–H groups in total. The summed E-state index contributed by atoms with van der Waals surface area (Å²) in [5, 5.41) is 0. The largest absolute Gasteiger partial charge is 2.00 e. The van der Waals surface area contributed by atoms with Gasteiger partial charge in [0.1, 0.15) is 13.2 Å². The third kappa shape index (κ3) is 12.9. The molecule has 4 rings (SSSR count). The number of methoxy groups -OCH3 is 3. The van der Waals surface area contributed by atoms with Crippen LogP contribution in [0.4, 0.5) is 0 Å². The Kier molecular flexibility index (Phi) is 22.5. The number of rotatable bonds is 9. The number of para-hydroxylation sites is 1. The zero-order valence-corrected chi connectivity index (χ0v) is 27.8. The van der Waals surface area contributed by atoms with Crippen molar-refractivity contribution in [2.75, 3.05) is 21.3 Å². The Balaban J connectivity index is 0. The molecule has 0 fully saturated rings. The molecule has 0 saturated heterocycles. The summed E-state index contributed by atoms with van der Waals surface area (Å²) >= 11 is 0. The van der Waals surface area contributed by atoms with E-state index in [0.717, 1.165) is 11.1 Å². The van der Waals surface area contributed by atoms with Gasteiger partial charge in [0.2, 0.25) is 0 Å². The van der Waals surface area contributed by atoms with Crippen LogP contribution in [0.5, 0.6) is 28.7 Å². The van der Waals surface area contributed by atoms with Gasteiger partial charge in [-0.2, -0.15) is 12.1 Å². The number of hydrogen-bond donors (Lipinski definition) is 0. The van der Waals surface area contributed by atoms with E-state index in [1.54, 1.807) is 33.5 Å². The SMILES string of the molecule is COc1c[c-]c(OCc2ccccc2)c(OC)c1.COc1ccc[c-]c1OCc1ccccc1.[Br-].[Br-].[Mg+2].[Mg+2]. The van der Waals surface area contributed by atoms with Gasteiger partial charge in [0.05, 0.1) is 27.1 Å². The molecule has 0 aliphatic heterocycles. The Bertz CT molecular complexity index is 1140. The molecule has 0 unspecified atom stereocenters. The van der Waals surface area contributed by atoms with E-state index in [1.165, 1.54) is 0 Å². The molecule has 192 valence electrons. The van der Waals surface area contributed by atoms with Crippen LogP contribution in [0.1, 0.15) is 11.1 Å². The molecule has 0 spiro atoms. The zero-order valence-electron chi connectivity index (χ0n) is 21.8. The molecular formula is C29H28Br2Mg2O5. The summed E-state index contributed by atoms with van der Waals surface area (Å²) in [6.45, 7) is 1.01. The second kappa shape index (κ2) is 22.2. The normalized spacial score (nSPS) is 8.82. The second-order valence-electron chi connectivity index (χ2n) is 7.05. The topological polar surface area (TPSA) is 46.2 Å². The van der Waals surface area contributed by atoms with Gasteiger partial charge >= 0.3 is 46.1 Å². The fraction of sp³-hybridized carbons (Fsp3) is 0.172. The molecule has 4 aromatic carbocycles. The second-order valence-corrected chi connectivity index (χ2v) is 7.05. The minimum absolute atomic E-state index is 0. The molecule has 0 radical (unpaired) electrons. The van der Waals surface area contributed by atoms with Crippen LogP contribution in [0.25, 0.3) is 0 Å². The minimum Gasteiger partial charge on any atom is -1.00 e. The smallest absolute Gasteiger partial charge is 1.00 e. The summed E-state index contributed by atoms with van der Waals surface area (Å²) in [6.07, 6.45) is 0. The zero-order chi connectivity index (χ0) is 24.0. The molecule has 0 amide bonds. The summed E-state index contributed by atoms with van der Waals surface area (Å²) in [7, 11) is 4.82. The molecule has 0 heterocycles. The van der Waals surface area contributed by atoms with Gasteiger partial charge in [-0.25, -0.2) is 0 Å². The fourth-order valence-corrected chi connectivity index (χ4v) is 2.97. The third-order valence-corrected chi connectivity index (χ3v) is 4.75. The van der Waals surface area contributed by atoms with Crippen LogP contribution in [0.2, 0.25) is 0 Å². The van der Waals surface area contributed by atoms with Crippen molar-refractivity contribution in [2.45, 2.75) is 13.2 Å². The van der Waals surface area contributed by atoms with E-state index >= 15 is 0 Å². The van der Waals surface area contributed by atoms with Gasteiger partial charge in [0.15, 0.2) is 0 Å². The predicted octanol–water partition coefficient (Wildman–Crippen LogP) is -0.596. The molecule has 0 aromatic heterocycles. The van der Waals surface area contributed by atoms with Gasteiger partial charge in [0.25, 0.3) is 0 Å². The molecular weight excluding hydrogens is 637 g/mol. The summed E-state index contributed by atoms with van der Waals surface area (Å²) in [4.78, 5) is 0. The van der Waals surface area contributed by atoms with Crippen molar-refractivity contribution < 1.29 is 57.6 Å².